The van der Waals surface area contributed by atoms with Crippen LogP contribution in [0.5, 0.6) is 0 Å². The Morgan fingerprint density at radius 3 is 2.65 bits per heavy atom. The molecule has 8 heteroatoms. The maximum atomic E-state index is 12.3. The fourth-order valence-corrected chi connectivity index (χ4v) is 3.11. The smallest absolute Gasteiger partial charge is 0.233 e. The molecular weight excluding hydrogens is 334 g/mol. The van der Waals surface area contributed by atoms with Gasteiger partial charge in [-0.3, -0.25) is 9.78 Å². The van der Waals surface area contributed by atoms with Gasteiger partial charge < -0.3 is 13.9 Å². The van der Waals surface area contributed by atoms with E-state index in [2.05, 4.69) is 20.3 Å². The zero-order valence-corrected chi connectivity index (χ0v) is 14.7. The van der Waals surface area contributed by atoms with Gasteiger partial charge in [0.05, 0.1) is 11.6 Å². The number of hydrogen-bond donors (Lipinski definition) is 0. The molecule has 0 saturated carbocycles. The second-order valence-electron chi connectivity index (χ2n) is 6.49. The molecule has 1 aliphatic rings. The Labute approximate surface area is 150 Å². The van der Waals surface area contributed by atoms with Crippen LogP contribution in [-0.4, -0.2) is 44.2 Å². The van der Waals surface area contributed by atoms with Crippen LogP contribution in [0, 0.1) is 13.8 Å². The van der Waals surface area contributed by atoms with Crippen molar-refractivity contribution in [3.05, 3.63) is 47.4 Å². The van der Waals surface area contributed by atoms with Crippen LogP contribution in [0.1, 0.15) is 35.2 Å². The van der Waals surface area contributed by atoms with Crippen LogP contribution in [0.15, 0.2) is 33.6 Å². The van der Waals surface area contributed by atoms with Gasteiger partial charge in [0.2, 0.25) is 17.6 Å². The van der Waals surface area contributed by atoms with Crippen LogP contribution in [0.4, 0.5) is 0 Å². The molecule has 0 spiro atoms. The molecule has 0 unspecified atom stereocenters. The van der Waals surface area contributed by atoms with E-state index < -0.39 is 0 Å². The summed E-state index contributed by atoms with van der Waals surface area (Å²) in [6.07, 6.45) is 4.47. The van der Waals surface area contributed by atoms with Crippen LogP contribution in [-0.2, 0) is 11.2 Å². The lowest BCUT2D eigenvalue weighted by atomic mass is 9.98. The highest BCUT2D eigenvalue weighted by molar-refractivity contribution is 5.77. The van der Waals surface area contributed by atoms with Gasteiger partial charge in [0.1, 0.15) is 5.76 Å². The van der Waals surface area contributed by atoms with Crippen LogP contribution in [0.25, 0.3) is 11.4 Å². The lowest BCUT2D eigenvalue weighted by Gasteiger charge is -2.37. The Morgan fingerprint density at radius 2 is 1.96 bits per heavy atom. The van der Waals surface area contributed by atoms with Crippen molar-refractivity contribution in [2.75, 3.05) is 13.1 Å². The van der Waals surface area contributed by atoms with Crippen molar-refractivity contribution in [1.29, 1.82) is 0 Å². The van der Waals surface area contributed by atoms with Gasteiger partial charge in [-0.25, -0.2) is 0 Å². The molecule has 1 aliphatic heterocycles. The molecule has 0 bridgehead atoms. The average molecular weight is 353 g/mol. The molecule has 1 fully saturated rings. The lowest BCUT2D eigenvalue weighted by Crippen LogP contribution is -2.48. The third-order valence-electron chi connectivity index (χ3n) is 4.73. The fraction of sp³-hybridized carbons (Fsp3) is 0.389. The van der Waals surface area contributed by atoms with E-state index in [0.29, 0.717) is 37.6 Å². The highest BCUT2D eigenvalue weighted by atomic mass is 16.5. The van der Waals surface area contributed by atoms with Gasteiger partial charge in [0.25, 0.3) is 0 Å². The fourth-order valence-electron chi connectivity index (χ4n) is 3.11. The molecule has 0 N–H and O–H groups in total. The van der Waals surface area contributed by atoms with E-state index in [1.165, 1.54) is 0 Å². The van der Waals surface area contributed by atoms with Crippen LogP contribution in [0.3, 0.4) is 0 Å². The first-order valence-electron chi connectivity index (χ1n) is 8.55. The number of nitrogens with zero attached hydrogens (tertiary/aromatic N) is 5. The molecule has 0 atom stereocenters. The molecule has 0 aliphatic carbocycles. The van der Waals surface area contributed by atoms with Gasteiger partial charge >= 0.3 is 0 Å². The molecule has 4 heterocycles. The van der Waals surface area contributed by atoms with Gasteiger partial charge in [-0.15, -0.1) is 0 Å². The Kier molecular flexibility index (Phi) is 4.24. The summed E-state index contributed by atoms with van der Waals surface area (Å²) in [5.41, 5.74) is 2.74. The second kappa shape index (κ2) is 6.70. The third-order valence-corrected chi connectivity index (χ3v) is 4.73. The van der Waals surface area contributed by atoms with Crippen LogP contribution < -0.4 is 0 Å². The van der Waals surface area contributed by atoms with Crippen molar-refractivity contribution in [3.8, 4) is 11.4 Å². The molecule has 3 aromatic rings. The normalized spacial score (nSPS) is 14.5. The van der Waals surface area contributed by atoms with Gasteiger partial charge in [-0.05, 0) is 32.4 Å². The van der Waals surface area contributed by atoms with Crippen molar-refractivity contribution >= 4 is 5.91 Å². The minimum Gasteiger partial charge on any atom is -0.361 e. The molecule has 8 nitrogen and oxygen atoms in total. The molecule has 4 rings (SSSR count). The molecule has 134 valence electrons. The topological polar surface area (TPSA) is 98.2 Å². The number of carbonyl (C=O) groups excluding carboxylic acids is 1. The lowest BCUT2D eigenvalue weighted by molar-refractivity contribution is -0.135. The van der Waals surface area contributed by atoms with Gasteiger partial charge in [0, 0.05) is 43.0 Å². The van der Waals surface area contributed by atoms with E-state index in [0.717, 1.165) is 22.6 Å². The number of aryl methyl sites for hydroxylation is 2. The number of pyridine rings is 1. The number of likely N-dealkylation sites (tertiary alicyclic amines) is 1. The number of rotatable bonds is 5. The predicted octanol–water partition coefficient (Wildman–Crippen LogP) is 2.30. The summed E-state index contributed by atoms with van der Waals surface area (Å²) in [6, 6.07) is 3.67. The zero-order valence-electron chi connectivity index (χ0n) is 14.7. The average Bonchev–Trinajstić information content (AvgIpc) is 3.20. The summed E-state index contributed by atoms with van der Waals surface area (Å²) in [7, 11) is 0. The van der Waals surface area contributed by atoms with E-state index in [1.807, 2.05) is 30.9 Å². The SMILES string of the molecule is Cc1noc(C)c1CCC(=O)N1CC(c2nc(-c3ccncc3)no2)C1. The molecule has 0 aromatic carbocycles. The zero-order chi connectivity index (χ0) is 18.1. The molecule has 1 saturated heterocycles. The largest absolute Gasteiger partial charge is 0.361 e. The van der Waals surface area contributed by atoms with Crippen LogP contribution in [0.2, 0.25) is 0 Å². The first-order valence-corrected chi connectivity index (χ1v) is 8.55. The number of carbonyl (C=O) groups is 1. The summed E-state index contributed by atoms with van der Waals surface area (Å²) in [5.74, 6) is 2.12. The van der Waals surface area contributed by atoms with E-state index in [-0.39, 0.29) is 11.8 Å². The Bertz CT molecular complexity index is 893. The van der Waals surface area contributed by atoms with E-state index in [1.54, 1.807) is 12.4 Å². The third kappa shape index (κ3) is 3.10. The quantitative estimate of drug-likeness (QED) is 0.694. The number of amides is 1. The summed E-state index contributed by atoms with van der Waals surface area (Å²) < 4.78 is 10.5. The van der Waals surface area contributed by atoms with Crippen molar-refractivity contribution in [2.24, 2.45) is 0 Å². The van der Waals surface area contributed by atoms with E-state index in [4.69, 9.17) is 9.05 Å². The minimum atomic E-state index is 0.0982. The summed E-state index contributed by atoms with van der Waals surface area (Å²) in [6.45, 7) is 4.98. The molecule has 3 aromatic heterocycles. The number of aromatic nitrogens is 4. The Hall–Kier alpha value is -3.03. The molecule has 26 heavy (non-hydrogen) atoms. The van der Waals surface area contributed by atoms with Crippen molar-refractivity contribution in [1.82, 2.24) is 25.2 Å². The molecule has 0 radical (unpaired) electrons. The van der Waals surface area contributed by atoms with Crippen molar-refractivity contribution < 1.29 is 13.8 Å². The van der Waals surface area contributed by atoms with Gasteiger partial charge in [-0.2, -0.15) is 4.98 Å². The van der Waals surface area contributed by atoms with Crippen molar-refractivity contribution in [3.63, 3.8) is 0 Å². The first kappa shape index (κ1) is 16.4. The molecule has 1 amide bonds. The first-order chi connectivity index (χ1) is 12.6. The highest BCUT2D eigenvalue weighted by Gasteiger charge is 2.35. The maximum Gasteiger partial charge on any atom is 0.233 e. The minimum absolute atomic E-state index is 0.0982. The van der Waals surface area contributed by atoms with Crippen molar-refractivity contribution in [2.45, 2.75) is 32.6 Å². The highest BCUT2D eigenvalue weighted by Crippen LogP contribution is 2.28. The van der Waals surface area contributed by atoms with Gasteiger partial charge in [0.15, 0.2) is 0 Å². The Balaban J connectivity index is 1.31. The summed E-state index contributed by atoms with van der Waals surface area (Å²) in [5, 5.41) is 7.93. The summed E-state index contributed by atoms with van der Waals surface area (Å²) in [4.78, 5) is 22.6. The van der Waals surface area contributed by atoms with E-state index in [9.17, 15) is 4.79 Å². The standard InChI is InChI=1S/C18H19N5O3/c1-11-15(12(2)25-21-11)3-4-16(24)23-9-14(10-23)18-20-17(22-26-18)13-5-7-19-8-6-13/h5-8,14H,3-4,9-10H2,1-2H3. The van der Waals surface area contributed by atoms with E-state index >= 15 is 0 Å². The monoisotopic (exact) mass is 353 g/mol. The van der Waals surface area contributed by atoms with Gasteiger partial charge in [-0.1, -0.05) is 10.3 Å². The molecular formula is C18H19N5O3. The Morgan fingerprint density at radius 1 is 1.19 bits per heavy atom. The predicted molar refractivity (Wildman–Crippen MR) is 91.1 cm³/mol. The number of hydrogen-bond acceptors (Lipinski definition) is 7. The maximum absolute atomic E-state index is 12.3. The van der Waals surface area contributed by atoms with Crippen LogP contribution >= 0.6 is 0 Å². The second-order valence-corrected chi connectivity index (χ2v) is 6.49. The summed E-state index contributed by atoms with van der Waals surface area (Å²) >= 11 is 0.